The Hall–Kier alpha value is -3.32. The van der Waals surface area contributed by atoms with Crippen molar-refractivity contribution in [1.29, 1.82) is 0 Å². The van der Waals surface area contributed by atoms with Crippen LogP contribution in [-0.4, -0.2) is 28.2 Å². The summed E-state index contributed by atoms with van der Waals surface area (Å²) in [6.45, 7) is 8.74. The Balaban J connectivity index is 0.00000400. The quantitative estimate of drug-likeness (QED) is 0.283. The van der Waals surface area contributed by atoms with Gasteiger partial charge in [0.1, 0.15) is 6.33 Å². The maximum absolute atomic E-state index is 13.5. The highest BCUT2D eigenvalue weighted by molar-refractivity contribution is 5.93. The van der Waals surface area contributed by atoms with Crippen LogP contribution in [0.5, 0.6) is 11.5 Å². The number of carbonyl (C=O) groups excluding carboxylic acids is 2. The predicted octanol–water partition coefficient (Wildman–Crippen LogP) is 6.91. The number of amides is 1. The molecule has 3 aromatic rings. The number of hydrogen-bond donors (Lipinski definition) is 1. The van der Waals surface area contributed by atoms with Gasteiger partial charge in [0.15, 0.2) is 11.5 Å². The third-order valence-electron chi connectivity index (χ3n) is 6.77. The summed E-state index contributed by atoms with van der Waals surface area (Å²) in [4.78, 5) is 30.0. The number of rotatable bonds is 10. The van der Waals surface area contributed by atoms with E-state index < -0.39 is 0 Å². The van der Waals surface area contributed by atoms with E-state index in [4.69, 9.17) is 9.47 Å². The smallest absolute Gasteiger partial charge is 0.236 e. The van der Waals surface area contributed by atoms with Crippen molar-refractivity contribution in [2.75, 3.05) is 12.1 Å². The first-order chi connectivity index (χ1) is 17.8. The van der Waals surface area contributed by atoms with E-state index in [-0.39, 0.29) is 48.8 Å². The fourth-order valence-corrected chi connectivity index (χ4v) is 4.84. The average molecular weight is 540 g/mol. The number of unbranched alkanes of at least 4 members (excludes halogenated alkanes) is 2. The van der Waals surface area contributed by atoms with Gasteiger partial charge in [0.2, 0.25) is 18.6 Å². The van der Waals surface area contributed by atoms with Crippen LogP contribution in [0, 0.1) is 0 Å². The zero-order valence-electron chi connectivity index (χ0n) is 22.7. The fraction of sp³-hybridized carbons (Fsp3) is 0.433. The van der Waals surface area contributed by atoms with Gasteiger partial charge in [-0.2, -0.15) is 0 Å². The first kappa shape index (κ1) is 29.2. The molecule has 204 valence electrons. The zero-order valence-corrected chi connectivity index (χ0v) is 23.5. The van der Waals surface area contributed by atoms with Crippen LogP contribution in [0.3, 0.4) is 0 Å². The molecule has 0 aliphatic carbocycles. The lowest BCUT2D eigenvalue weighted by atomic mass is 9.84. The second-order valence-electron chi connectivity index (χ2n) is 10.7. The van der Waals surface area contributed by atoms with Crippen LogP contribution in [0.25, 0.3) is 0 Å². The van der Waals surface area contributed by atoms with E-state index in [1.54, 1.807) is 12.4 Å². The largest absolute Gasteiger partial charge is 0.454 e. The highest BCUT2D eigenvalue weighted by Gasteiger charge is 2.26. The van der Waals surface area contributed by atoms with Crippen molar-refractivity contribution in [3.05, 3.63) is 71.8 Å². The SMILES string of the molecule is CCCCCC(CC(=O)Nc1cc(CC(=O)n2ccnc2)ccc1C(C)(C)C)c1cccc2c1OCO2.Cl. The summed E-state index contributed by atoms with van der Waals surface area (Å²) < 4.78 is 12.8. The van der Waals surface area contributed by atoms with Gasteiger partial charge < -0.3 is 14.8 Å². The molecule has 8 heteroatoms. The molecule has 1 aliphatic heterocycles. The minimum Gasteiger partial charge on any atom is -0.454 e. The summed E-state index contributed by atoms with van der Waals surface area (Å²) in [6, 6.07) is 11.8. The van der Waals surface area contributed by atoms with Gasteiger partial charge in [0.05, 0.1) is 6.42 Å². The molecule has 1 N–H and O–H groups in total. The van der Waals surface area contributed by atoms with Crippen molar-refractivity contribution in [3.63, 3.8) is 0 Å². The highest BCUT2D eigenvalue weighted by atomic mass is 35.5. The van der Waals surface area contributed by atoms with Crippen molar-refractivity contribution in [2.24, 2.45) is 0 Å². The summed E-state index contributed by atoms with van der Waals surface area (Å²) in [6.07, 6.45) is 9.45. The predicted molar refractivity (Wildman–Crippen MR) is 152 cm³/mol. The molecule has 1 atom stereocenters. The molecule has 1 unspecified atom stereocenters. The summed E-state index contributed by atoms with van der Waals surface area (Å²) in [7, 11) is 0. The number of ether oxygens (including phenoxy) is 2. The number of imidazole rings is 1. The van der Waals surface area contributed by atoms with E-state index in [0.29, 0.717) is 6.42 Å². The third-order valence-corrected chi connectivity index (χ3v) is 6.77. The number of fused-ring (bicyclic) bond motifs is 1. The first-order valence-corrected chi connectivity index (χ1v) is 13.1. The summed E-state index contributed by atoms with van der Waals surface area (Å²) in [5.41, 5.74) is 3.46. The number of anilines is 1. The molecule has 1 aliphatic rings. The van der Waals surface area contributed by atoms with E-state index in [0.717, 1.165) is 59.6 Å². The molecule has 1 amide bonds. The van der Waals surface area contributed by atoms with Crippen LogP contribution in [0.15, 0.2) is 55.1 Å². The summed E-state index contributed by atoms with van der Waals surface area (Å²) in [5, 5.41) is 3.18. The summed E-state index contributed by atoms with van der Waals surface area (Å²) >= 11 is 0. The Kier molecular flexibility index (Phi) is 9.97. The number of nitrogens with zero attached hydrogens (tertiary/aromatic N) is 2. The molecule has 0 spiro atoms. The second-order valence-corrected chi connectivity index (χ2v) is 10.7. The maximum atomic E-state index is 13.5. The molecule has 2 aromatic carbocycles. The summed E-state index contributed by atoms with van der Waals surface area (Å²) in [5.74, 6) is 1.39. The normalized spacial score (nSPS) is 13.1. The van der Waals surface area contributed by atoms with Gasteiger partial charge in [-0.3, -0.25) is 14.2 Å². The Morgan fingerprint density at radius 3 is 2.66 bits per heavy atom. The van der Waals surface area contributed by atoms with Crippen LogP contribution in [0.4, 0.5) is 5.69 Å². The van der Waals surface area contributed by atoms with E-state index in [9.17, 15) is 9.59 Å². The average Bonchev–Trinajstić information content (AvgIpc) is 3.55. The lowest BCUT2D eigenvalue weighted by molar-refractivity contribution is -0.116. The Bertz CT molecular complexity index is 1230. The Morgan fingerprint density at radius 2 is 1.95 bits per heavy atom. The molecule has 38 heavy (non-hydrogen) atoms. The minimum absolute atomic E-state index is 0. The lowest BCUT2D eigenvalue weighted by Gasteiger charge is -2.25. The first-order valence-electron chi connectivity index (χ1n) is 13.1. The topological polar surface area (TPSA) is 82.5 Å². The van der Waals surface area contributed by atoms with Gasteiger partial charge >= 0.3 is 0 Å². The fourth-order valence-electron chi connectivity index (χ4n) is 4.84. The third kappa shape index (κ3) is 7.16. The standard InChI is InChI=1S/C30H37N3O4.ClH/c1-5-6-7-9-22(23-10-8-11-26-29(23)37-20-36-26)18-27(34)32-25-16-21(12-13-24(25)30(2,3)4)17-28(35)33-15-14-31-19-33;/h8,10-16,19,22H,5-7,9,17-18,20H2,1-4H3,(H,32,34);1H. The van der Waals surface area contributed by atoms with Crippen LogP contribution in [-0.2, 0) is 16.6 Å². The Labute approximate surface area is 231 Å². The molecule has 2 heterocycles. The lowest BCUT2D eigenvalue weighted by Crippen LogP contribution is -2.21. The molecular formula is C30H38ClN3O4. The Morgan fingerprint density at radius 1 is 1.13 bits per heavy atom. The van der Waals surface area contributed by atoms with Gasteiger partial charge in [-0.25, -0.2) is 4.98 Å². The van der Waals surface area contributed by atoms with Crippen LogP contribution in [0.1, 0.15) is 87.2 Å². The van der Waals surface area contributed by atoms with Gasteiger partial charge in [0, 0.05) is 30.1 Å². The number of aromatic nitrogens is 2. The number of carbonyl (C=O) groups is 2. The molecule has 4 rings (SSSR count). The van der Waals surface area contributed by atoms with Crippen molar-refractivity contribution >= 4 is 29.9 Å². The van der Waals surface area contributed by atoms with Crippen LogP contribution in [0.2, 0.25) is 0 Å². The number of hydrogen-bond acceptors (Lipinski definition) is 5. The van der Waals surface area contributed by atoms with E-state index in [2.05, 4.69) is 38.0 Å². The molecule has 0 radical (unpaired) electrons. The van der Waals surface area contributed by atoms with Gasteiger partial charge in [-0.1, -0.05) is 71.2 Å². The van der Waals surface area contributed by atoms with E-state index in [1.807, 2.05) is 36.4 Å². The molecule has 0 saturated carbocycles. The van der Waals surface area contributed by atoms with Crippen molar-refractivity contribution in [2.45, 2.75) is 77.6 Å². The van der Waals surface area contributed by atoms with E-state index >= 15 is 0 Å². The molecule has 7 nitrogen and oxygen atoms in total. The van der Waals surface area contributed by atoms with Gasteiger partial charge in [-0.05, 0) is 41.0 Å². The zero-order chi connectivity index (χ0) is 26.4. The van der Waals surface area contributed by atoms with Crippen molar-refractivity contribution in [3.8, 4) is 11.5 Å². The van der Waals surface area contributed by atoms with Crippen LogP contribution < -0.4 is 14.8 Å². The molecule has 0 saturated heterocycles. The number of para-hydroxylation sites is 1. The number of halogens is 1. The molecule has 1 aromatic heterocycles. The monoisotopic (exact) mass is 539 g/mol. The van der Waals surface area contributed by atoms with Gasteiger partial charge in [0.25, 0.3) is 0 Å². The van der Waals surface area contributed by atoms with Crippen LogP contribution >= 0.6 is 12.4 Å². The van der Waals surface area contributed by atoms with Crippen molar-refractivity contribution < 1.29 is 19.1 Å². The van der Waals surface area contributed by atoms with Gasteiger partial charge in [-0.15, -0.1) is 12.4 Å². The minimum atomic E-state index is -0.179. The van der Waals surface area contributed by atoms with E-state index in [1.165, 1.54) is 10.9 Å². The molecule has 0 fully saturated rings. The second kappa shape index (κ2) is 13.0. The molecular weight excluding hydrogens is 502 g/mol. The van der Waals surface area contributed by atoms with Crippen molar-refractivity contribution in [1.82, 2.24) is 9.55 Å². The number of benzene rings is 2. The molecule has 0 bridgehead atoms. The number of nitrogens with one attached hydrogen (secondary N) is 1. The highest BCUT2D eigenvalue weighted by Crippen LogP contribution is 2.42. The maximum Gasteiger partial charge on any atom is 0.236 e.